The molecular formula is C60H55N4Pt-. The van der Waals surface area contributed by atoms with Gasteiger partial charge in [-0.15, -0.1) is 34.2 Å². The second-order valence-corrected chi connectivity index (χ2v) is 20.3. The summed E-state index contributed by atoms with van der Waals surface area (Å²) in [6, 6.07) is 69.2. The molecule has 4 nitrogen and oxygen atoms in total. The number of fused-ring (bicyclic) bond motifs is 3. The fourth-order valence-electron chi connectivity index (χ4n) is 10.7. The van der Waals surface area contributed by atoms with E-state index in [1.54, 1.807) is 0 Å². The molecule has 12 rings (SSSR count). The Hall–Kier alpha value is -5.90. The van der Waals surface area contributed by atoms with Crippen LogP contribution in [0.1, 0.15) is 86.1 Å². The topological polar surface area (TPSA) is 17.8 Å². The van der Waals surface area contributed by atoms with E-state index in [-0.39, 0.29) is 31.9 Å². The van der Waals surface area contributed by atoms with Crippen LogP contribution in [0.5, 0.6) is 0 Å². The number of rotatable bonds is 7. The van der Waals surface area contributed by atoms with Gasteiger partial charge in [-0.05, 0) is 88.2 Å². The standard InChI is InChI=1S/C60H55N4.Pt/c1-41-32-55-56(33-42(41)2)64(39-63(55,40-64)49-24-16-11-17-25-49)50-35-47(59(6,7)8)34-48(36-50)60(43-20-12-9-13-21-43,44-22-14-10-15-23-44)46-28-29-52-51-26-18-19-27-53(51)62(54(52)37-46)57-38-45(30-31-61-57)58(3,4)5;/h9-35,38-39H,40H2,1-8H3;/q-1;/t63-,64+;/m0./s1. The Morgan fingerprint density at radius 3 is 1.72 bits per heavy atom. The maximum absolute atomic E-state index is 5.06. The Labute approximate surface area is 399 Å². The summed E-state index contributed by atoms with van der Waals surface area (Å²) in [6.07, 6.45) is 1.96. The Kier molecular flexibility index (Phi) is 10.2. The van der Waals surface area contributed by atoms with Crippen molar-refractivity contribution in [2.45, 2.75) is 71.6 Å². The molecule has 7 aromatic carbocycles. The van der Waals surface area contributed by atoms with E-state index < -0.39 is 5.41 Å². The van der Waals surface area contributed by atoms with Crippen LogP contribution < -0.4 is 8.97 Å². The van der Waals surface area contributed by atoms with Gasteiger partial charge < -0.3 is 9.05 Å². The third-order valence-corrected chi connectivity index (χ3v) is 14.3. The summed E-state index contributed by atoms with van der Waals surface area (Å²) in [5.41, 5.74) is 15.8. The van der Waals surface area contributed by atoms with Crippen molar-refractivity contribution in [2.24, 2.45) is 0 Å². The Bertz CT molecular complexity index is 3220. The van der Waals surface area contributed by atoms with Gasteiger partial charge in [0.25, 0.3) is 0 Å². The summed E-state index contributed by atoms with van der Waals surface area (Å²) >= 11 is 0. The molecule has 5 heterocycles. The van der Waals surface area contributed by atoms with E-state index in [1.807, 2.05) is 6.20 Å². The van der Waals surface area contributed by atoms with Crippen LogP contribution in [0.3, 0.4) is 0 Å². The second-order valence-electron chi connectivity index (χ2n) is 20.3. The first-order valence-electron chi connectivity index (χ1n) is 22.7. The first-order valence-corrected chi connectivity index (χ1v) is 22.7. The van der Waals surface area contributed by atoms with Gasteiger partial charge >= 0.3 is 0 Å². The minimum atomic E-state index is -0.811. The van der Waals surface area contributed by atoms with E-state index in [0.29, 0.717) is 8.97 Å². The van der Waals surface area contributed by atoms with Crippen LogP contribution in [0.15, 0.2) is 170 Å². The minimum Gasteiger partial charge on any atom is -0.319 e. The number of hydrogen-bond acceptors (Lipinski definition) is 1. The zero-order chi connectivity index (χ0) is 44.2. The summed E-state index contributed by atoms with van der Waals surface area (Å²) in [5.74, 6) is 0.892. The van der Waals surface area contributed by atoms with Crippen molar-refractivity contribution in [3.05, 3.63) is 233 Å². The molecule has 2 aromatic heterocycles. The van der Waals surface area contributed by atoms with Gasteiger partial charge in [-0.3, -0.25) is 4.48 Å². The molecule has 3 aliphatic heterocycles. The third kappa shape index (κ3) is 6.47. The molecule has 5 heteroatoms. The molecule has 0 saturated carbocycles. The van der Waals surface area contributed by atoms with Gasteiger partial charge in [0, 0.05) is 56.0 Å². The summed E-state index contributed by atoms with van der Waals surface area (Å²) < 4.78 is 3.65. The number of pyridine rings is 1. The van der Waals surface area contributed by atoms with Crippen LogP contribution in [0.25, 0.3) is 27.6 Å². The van der Waals surface area contributed by atoms with Crippen LogP contribution in [0.4, 0.5) is 22.7 Å². The van der Waals surface area contributed by atoms with E-state index in [9.17, 15) is 0 Å². The molecule has 3 aliphatic rings. The van der Waals surface area contributed by atoms with Crippen molar-refractivity contribution in [1.82, 2.24) is 18.5 Å². The molecular weight excluding hydrogens is 972 g/mol. The summed E-state index contributed by atoms with van der Waals surface area (Å²) in [4.78, 5) is 5.06. The molecule has 0 spiro atoms. The molecule has 0 radical (unpaired) electrons. The molecule has 0 amide bonds. The number of aryl methyl sites for hydroxylation is 2. The van der Waals surface area contributed by atoms with Gasteiger partial charge in [0.1, 0.15) is 11.5 Å². The van der Waals surface area contributed by atoms with Crippen LogP contribution >= 0.6 is 0 Å². The van der Waals surface area contributed by atoms with Crippen molar-refractivity contribution in [1.29, 1.82) is 0 Å². The number of nitrogens with zero attached hydrogens (tertiary/aromatic N) is 4. The Balaban J connectivity index is 0.00000498. The average molecular weight is 1030 g/mol. The molecule has 65 heavy (non-hydrogen) atoms. The van der Waals surface area contributed by atoms with E-state index in [1.165, 1.54) is 44.7 Å². The molecule has 1 saturated heterocycles. The summed E-state index contributed by atoms with van der Waals surface area (Å²) in [5, 5.41) is 2.33. The average Bonchev–Trinajstić information content (AvgIpc) is 3.87. The van der Waals surface area contributed by atoms with Crippen molar-refractivity contribution in [3.63, 3.8) is 0 Å². The van der Waals surface area contributed by atoms with Crippen LogP contribution in [-0.4, -0.2) is 16.2 Å². The van der Waals surface area contributed by atoms with Gasteiger partial charge in [-0.25, -0.2) is 4.98 Å². The number of para-hydroxylation sites is 2. The van der Waals surface area contributed by atoms with Crippen LogP contribution in [0.2, 0.25) is 0 Å². The van der Waals surface area contributed by atoms with Crippen molar-refractivity contribution in [3.8, 4) is 5.82 Å². The molecule has 0 unspecified atom stereocenters. The van der Waals surface area contributed by atoms with Gasteiger partial charge in [-0.1, -0.05) is 144 Å². The van der Waals surface area contributed by atoms with Gasteiger partial charge in [0.2, 0.25) is 0 Å². The second kappa shape index (κ2) is 15.3. The van der Waals surface area contributed by atoms with E-state index in [0.717, 1.165) is 56.8 Å². The van der Waals surface area contributed by atoms with Crippen molar-refractivity contribution >= 4 is 44.6 Å². The monoisotopic (exact) mass is 1030 g/mol. The maximum atomic E-state index is 5.06. The molecule has 2 bridgehead atoms. The fourth-order valence-corrected chi connectivity index (χ4v) is 10.7. The normalized spacial score (nSPS) is 18.0. The van der Waals surface area contributed by atoms with Crippen molar-refractivity contribution < 1.29 is 21.1 Å². The predicted molar refractivity (Wildman–Crippen MR) is 266 cm³/mol. The number of aromatic nitrogens is 2. The molecule has 1 fully saturated rings. The van der Waals surface area contributed by atoms with E-state index in [2.05, 4.69) is 243 Å². The molecule has 0 N–H and O–H groups in total. The number of benzene rings is 7. The first-order chi connectivity index (χ1) is 30.7. The zero-order valence-corrected chi connectivity index (χ0v) is 40.8. The van der Waals surface area contributed by atoms with E-state index >= 15 is 0 Å². The SMILES string of the molecule is Cc1cc2c(cc1C)[N@+]1(c3[c-]c(C(c4[c-]c5c(cc4)c4ccccc4n5-c4cc(C(C)(C)C)ccn4)(c4ccccc4)c4ccccc4)cc(C(C)(C)C)c3)[CH-][N@@+]2(c2ccccc2)C1.[Pt]. The number of hydrogen-bond donors (Lipinski definition) is 0. The van der Waals surface area contributed by atoms with E-state index in [4.69, 9.17) is 4.98 Å². The van der Waals surface area contributed by atoms with Crippen LogP contribution in [0, 0.1) is 32.6 Å². The zero-order valence-electron chi connectivity index (χ0n) is 38.6. The third-order valence-electron chi connectivity index (χ3n) is 14.3. The Morgan fingerprint density at radius 1 is 0.538 bits per heavy atom. The first kappa shape index (κ1) is 43.0. The van der Waals surface area contributed by atoms with Crippen molar-refractivity contribution in [2.75, 3.05) is 6.67 Å². The quantitative estimate of drug-likeness (QED) is 0.0884. The smallest absolute Gasteiger partial charge is 0.184 e. The molecule has 326 valence electrons. The molecule has 2 atom stereocenters. The van der Waals surface area contributed by atoms with Gasteiger partial charge in [0.15, 0.2) is 18.0 Å². The Morgan fingerprint density at radius 2 is 1.11 bits per heavy atom. The maximum Gasteiger partial charge on any atom is 0.184 e. The molecule has 9 aromatic rings. The number of quaternary nitrogens is 2. The minimum absolute atomic E-state index is 0. The summed E-state index contributed by atoms with van der Waals surface area (Å²) in [6.45, 7) is 21.7. The largest absolute Gasteiger partial charge is 0.319 e. The van der Waals surface area contributed by atoms with Gasteiger partial charge in [0.05, 0.1) is 6.67 Å². The fraction of sp³-hybridized carbons (Fsp3) is 0.200. The predicted octanol–water partition coefficient (Wildman–Crippen LogP) is 14.8. The summed E-state index contributed by atoms with van der Waals surface area (Å²) in [7, 11) is 0. The van der Waals surface area contributed by atoms with Crippen LogP contribution in [-0.2, 0) is 37.3 Å². The van der Waals surface area contributed by atoms with Gasteiger partial charge in [-0.2, -0.15) is 24.3 Å². The molecule has 0 aliphatic carbocycles.